The lowest BCUT2D eigenvalue weighted by Crippen LogP contribution is -2.00. The number of hydrogen-bond acceptors (Lipinski definition) is 3. The van der Waals surface area contributed by atoms with E-state index >= 15 is 0 Å². The van der Waals surface area contributed by atoms with Crippen molar-refractivity contribution in [3.05, 3.63) is 45.4 Å². The Labute approximate surface area is 108 Å². The average molecular weight is 272 g/mol. The Kier molecular flexibility index (Phi) is 3.86. The zero-order chi connectivity index (χ0) is 12.3. The summed E-state index contributed by atoms with van der Waals surface area (Å²) in [6.45, 7) is 0.638. The highest BCUT2D eigenvalue weighted by Crippen LogP contribution is 2.27. The number of thiophene rings is 1. The van der Waals surface area contributed by atoms with Crippen molar-refractivity contribution >= 4 is 28.6 Å². The predicted molar refractivity (Wildman–Crippen MR) is 69.6 cm³/mol. The number of nitrogens with one attached hydrogen (secondary N) is 1. The highest BCUT2D eigenvalue weighted by atomic mass is 35.5. The SMILES string of the molecule is COc1cc(F)ccc1NCc1ccc(Cl)s1. The molecule has 0 fully saturated rings. The first-order valence-electron chi connectivity index (χ1n) is 5.00. The van der Waals surface area contributed by atoms with Gasteiger partial charge in [0, 0.05) is 17.5 Å². The molecular formula is C12H11ClFNOS. The zero-order valence-electron chi connectivity index (χ0n) is 9.17. The Balaban J connectivity index is 2.08. The number of rotatable bonds is 4. The van der Waals surface area contributed by atoms with E-state index in [0.717, 1.165) is 14.9 Å². The van der Waals surface area contributed by atoms with Crippen LogP contribution in [0.1, 0.15) is 4.88 Å². The summed E-state index contributed by atoms with van der Waals surface area (Å²) >= 11 is 7.35. The van der Waals surface area contributed by atoms with Crippen molar-refractivity contribution in [2.45, 2.75) is 6.54 Å². The van der Waals surface area contributed by atoms with Crippen LogP contribution in [0.25, 0.3) is 0 Å². The van der Waals surface area contributed by atoms with E-state index in [1.54, 1.807) is 6.07 Å². The van der Waals surface area contributed by atoms with Crippen LogP contribution in [-0.2, 0) is 6.54 Å². The zero-order valence-corrected chi connectivity index (χ0v) is 10.7. The van der Waals surface area contributed by atoms with Crippen LogP contribution in [0.3, 0.4) is 0 Å². The fourth-order valence-corrected chi connectivity index (χ4v) is 2.47. The Morgan fingerprint density at radius 1 is 1.35 bits per heavy atom. The van der Waals surface area contributed by atoms with Gasteiger partial charge in [0.15, 0.2) is 0 Å². The highest BCUT2D eigenvalue weighted by molar-refractivity contribution is 7.16. The van der Waals surface area contributed by atoms with Crippen LogP contribution in [0.15, 0.2) is 30.3 Å². The van der Waals surface area contributed by atoms with Crippen LogP contribution >= 0.6 is 22.9 Å². The van der Waals surface area contributed by atoms with Crippen LogP contribution in [0.5, 0.6) is 5.75 Å². The predicted octanol–water partition coefficient (Wildman–Crippen LogP) is 4.16. The van der Waals surface area contributed by atoms with E-state index in [1.807, 2.05) is 12.1 Å². The number of halogens is 2. The van der Waals surface area contributed by atoms with Gasteiger partial charge in [-0.1, -0.05) is 11.6 Å². The van der Waals surface area contributed by atoms with Crippen LogP contribution in [0.2, 0.25) is 4.34 Å². The number of methoxy groups -OCH3 is 1. The van der Waals surface area contributed by atoms with Crippen LogP contribution in [0, 0.1) is 5.82 Å². The van der Waals surface area contributed by atoms with Gasteiger partial charge in [-0.15, -0.1) is 11.3 Å². The molecule has 0 saturated carbocycles. The molecule has 1 aromatic carbocycles. The lowest BCUT2D eigenvalue weighted by molar-refractivity contribution is 0.413. The molecule has 1 aromatic heterocycles. The molecule has 0 atom stereocenters. The summed E-state index contributed by atoms with van der Waals surface area (Å²) in [5, 5.41) is 3.18. The lowest BCUT2D eigenvalue weighted by Gasteiger charge is -2.10. The van der Waals surface area contributed by atoms with Gasteiger partial charge in [-0.25, -0.2) is 4.39 Å². The molecule has 1 heterocycles. The maximum Gasteiger partial charge on any atom is 0.144 e. The van der Waals surface area contributed by atoms with Gasteiger partial charge in [0.1, 0.15) is 11.6 Å². The molecule has 0 aliphatic heterocycles. The smallest absolute Gasteiger partial charge is 0.144 e. The van der Waals surface area contributed by atoms with Gasteiger partial charge >= 0.3 is 0 Å². The molecule has 17 heavy (non-hydrogen) atoms. The van der Waals surface area contributed by atoms with Crippen molar-refractivity contribution in [2.75, 3.05) is 12.4 Å². The fourth-order valence-electron chi connectivity index (χ4n) is 1.44. The second-order valence-electron chi connectivity index (χ2n) is 3.40. The van der Waals surface area contributed by atoms with E-state index in [0.29, 0.717) is 12.3 Å². The molecule has 0 saturated heterocycles. The minimum Gasteiger partial charge on any atom is -0.494 e. The fraction of sp³-hybridized carbons (Fsp3) is 0.167. The molecule has 1 N–H and O–H groups in total. The topological polar surface area (TPSA) is 21.3 Å². The van der Waals surface area contributed by atoms with E-state index < -0.39 is 0 Å². The average Bonchev–Trinajstić information content (AvgIpc) is 2.73. The number of anilines is 1. The molecule has 2 aromatic rings. The maximum atomic E-state index is 13.0. The number of hydrogen-bond donors (Lipinski definition) is 1. The first-order chi connectivity index (χ1) is 8.19. The standard InChI is InChI=1S/C12H11ClFNOS/c1-16-11-6-8(14)2-4-10(11)15-7-9-3-5-12(13)17-9/h2-6,15H,7H2,1H3. The quantitative estimate of drug-likeness (QED) is 0.901. The van der Waals surface area contributed by atoms with Gasteiger partial charge in [0.25, 0.3) is 0 Å². The Hall–Kier alpha value is -1.26. The van der Waals surface area contributed by atoms with E-state index in [2.05, 4.69) is 5.32 Å². The number of benzene rings is 1. The first-order valence-corrected chi connectivity index (χ1v) is 6.20. The summed E-state index contributed by atoms with van der Waals surface area (Å²) in [6.07, 6.45) is 0. The third-order valence-electron chi connectivity index (χ3n) is 2.25. The Bertz CT molecular complexity index is 515. The van der Waals surface area contributed by atoms with Crippen molar-refractivity contribution in [3.63, 3.8) is 0 Å². The van der Waals surface area contributed by atoms with Gasteiger partial charge in [-0.3, -0.25) is 0 Å². The molecule has 0 aliphatic rings. The largest absolute Gasteiger partial charge is 0.494 e. The van der Waals surface area contributed by atoms with Crippen molar-refractivity contribution in [2.24, 2.45) is 0 Å². The summed E-state index contributed by atoms with van der Waals surface area (Å²) in [5.74, 6) is 0.180. The molecule has 2 rings (SSSR count). The van der Waals surface area contributed by atoms with E-state index in [4.69, 9.17) is 16.3 Å². The highest BCUT2D eigenvalue weighted by Gasteiger charge is 2.05. The van der Waals surface area contributed by atoms with Crippen LogP contribution < -0.4 is 10.1 Å². The Morgan fingerprint density at radius 3 is 2.82 bits per heavy atom. The molecule has 5 heteroatoms. The molecule has 0 bridgehead atoms. The molecule has 2 nitrogen and oxygen atoms in total. The van der Waals surface area contributed by atoms with Gasteiger partial charge in [0.2, 0.25) is 0 Å². The second kappa shape index (κ2) is 5.38. The molecule has 0 amide bonds. The van der Waals surface area contributed by atoms with E-state index in [9.17, 15) is 4.39 Å². The van der Waals surface area contributed by atoms with Crippen LogP contribution in [-0.4, -0.2) is 7.11 Å². The molecule has 0 unspecified atom stereocenters. The van der Waals surface area contributed by atoms with Crippen molar-refractivity contribution in [1.82, 2.24) is 0 Å². The monoisotopic (exact) mass is 271 g/mol. The van der Waals surface area contributed by atoms with E-state index in [-0.39, 0.29) is 5.82 Å². The number of ether oxygens (including phenoxy) is 1. The van der Waals surface area contributed by atoms with Gasteiger partial charge in [-0.05, 0) is 24.3 Å². The summed E-state index contributed by atoms with van der Waals surface area (Å²) in [7, 11) is 1.52. The van der Waals surface area contributed by atoms with Crippen molar-refractivity contribution in [1.29, 1.82) is 0 Å². The molecule has 0 aliphatic carbocycles. The molecular weight excluding hydrogens is 261 g/mol. The minimum absolute atomic E-state index is 0.313. The second-order valence-corrected chi connectivity index (χ2v) is 5.20. The maximum absolute atomic E-state index is 13.0. The Morgan fingerprint density at radius 2 is 2.18 bits per heavy atom. The summed E-state index contributed by atoms with van der Waals surface area (Å²) in [4.78, 5) is 1.11. The minimum atomic E-state index is -0.313. The third-order valence-corrected chi connectivity index (χ3v) is 3.48. The van der Waals surface area contributed by atoms with Gasteiger partial charge in [0.05, 0.1) is 17.1 Å². The van der Waals surface area contributed by atoms with Crippen molar-refractivity contribution in [3.8, 4) is 5.75 Å². The van der Waals surface area contributed by atoms with Gasteiger partial charge < -0.3 is 10.1 Å². The lowest BCUT2D eigenvalue weighted by atomic mass is 10.3. The molecule has 0 radical (unpaired) electrons. The van der Waals surface area contributed by atoms with Crippen molar-refractivity contribution < 1.29 is 9.13 Å². The molecule has 0 spiro atoms. The normalized spacial score (nSPS) is 10.3. The first kappa shape index (κ1) is 12.2. The summed E-state index contributed by atoms with van der Waals surface area (Å²) in [6, 6.07) is 8.21. The molecule has 90 valence electrons. The summed E-state index contributed by atoms with van der Waals surface area (Å²) in [5.41, 5.74) is 0.762. The van der Waals surface area contributed by atoms with E-state index in [1.165, 1.54) is 30.6 Å². The third kappa shape index (κ3) is 3.11. The van der Waals surface area contributed by atoms with Crippen LogP contribution in [0.4, 0.5) is 10.1 Å². The van der Waals surface area contributed by atoms with Gasteiger partial charge in [-0.2, -0.15) is 0 Å². The summed E-state index contributed by atoms with van der Waals surface area (Å²) < 4.78 is 18.8.